The zero-order chi connectivity index (χ0) is 13.9. The molecule has 0 aromatic rings. The minimum Gasteiger partial charge on any atom is -0.427 e. The van der Waals surface area contributed by atoms with Gasteiger partial charge < -0.3 is 14.3 Å². The highest BCUT2D eigenvalue weighted by molar-refractivity contribution is 6.27. The van der Waals surface area contributed by atoms with Gasteiger partial charge in [-0.3, -0.25) is 9.59 Å². The van der Waals surface area contributed by atoms with E-state index in [-0.39, 0.29) is 0 Å². The molecule has 0 unspecified atom stereocenters. The van der Waals surface area contributed by atoms with Gasteiger partial charge in [-0.1, -0.05) is 0 Å². The van der Waals surface area contributed by atoms with Crippen molar-refractivity contribution in [3.63, 3.8) is 0 Å². The molecule has 0 saturated heterocycles. The van der Waals surface area contributed by atoms with E-state index in [1.807, 2.05) is 0 Å². The smallest absolute Gasteiger partial charge is 0.333 e. The van der Waals surface area contributed by atoms with Gasteiger partial charge in [0.05, 0.1) is 10.8 Å². The van der Waals surface area contributed by atoms with Crippen molar-refractivity contribution in [2.24, 2.45) is 10.8 Å². The molecule has 0 rings (SSSR count). The summed E-state index contributed by atoms with van der Waals surface area (Å²) in [6.07, 6.45) is 0. The summed E-state index contributed by atoms with van der Waals surface area (Å²) in [5.41, 5.74) is -1.40. The molecule has 1 N–H and O–H groups in total. The van der Waals surface area contributed by atoms with E-state index in [4.69, 9.17) is 14.3 Å². The van der Waals surface area contributed by atoms with Crippen LogP contribution in [-0.4, -0.2) is 32.4 Å². The predicted molar refractivity (Wildman–Crippen MR) is 62.9 cm³/mol. The molecular formula is C11H20O5Si. The molecule has 0 fully saturated rings. The minimum absolute atomic E-state index is 0.522. The number of carbonyl (C=O) groups excluding carboxylic acids is 2. The second-order valence-corrected chi connectivity index (χ2v) is 6.50. The van der Waals surface area contributed by atoms with Crippen molar-refractivity contribution in [3.05, 3.63) is 0 Å². The second kappa shape index (κ2) is 5.64. The molecule has 0 heterocycles. The highest BCUT2D eigenvalue weighted by atomic mass is 28.2. The third kappa shape index (κ3) is 5.83. The topological polar surface area (TPSA) is 72.8 Å². The van der Waals surface area contributed by atoms with Gasteiger partial charge in [0.15, 0.2) is 0 Å². The van der Waals surface area contributed by atoms with E-state index in [1.165, 1.54) is 0 Å². The third-order valence-corrected chi connectivity index (χ3v) is 2.20. The van der Waals surface area contributed by atoms with E-state index in [0.29, 0.717) is 0 Å². The van der Waals surface area contributed by atoms with E-state index in [1.54, 1.807) is 41.5 Å². The third-order valence-electron chi connectivity index (χ3n) is 1.76. The number of rotatable bonds is 3. The molecule has 0 saturated carbocycles. The molecule has 5 nitrogen and oxygen atoms in total. The van der Waals surface area contributed by atoms with E-state index in [0.717, 1.165) is 0 Å². The molecular weight excluding hydrogens is 240 g/mol. The van der Waals surface area contributed by atoms with Crippen molar-refractivity contribution in [1.29, 1.82) is 0 Å². The lowest BCUT2D eigenvalue weighted by Crippen LogP contribution is -2.37. The first-order chi connectivity index (χ1) is 7.48. The summed E-state index contributed by atoms with van der Waals surface area (Å²) < 4.78 is 9.82. The lowest BCUT2D eigenvalue weighted by Gasteiger charge is -2.24. The van der Waals surface area contributed by atoms with Gasteiger partial charge in [-0.25, -0.2) is 0 Å². The van der Waals surface area contributed by atoms with E-state index in [9.17, 15) is 9.59 Å². The number of carbonyl (C=O) groups is 2. The Bertz CT molecular complexity index is 259. The summed E-state index contributed by atoms with van der Waals surface area (Å²) in [6.45, 7) is 10.1. The fourth-order valence-electron chi connectivity index (χ4n) is 0.625. The molecule has 6 heteroatoms. The Morgan fingerprint density at radius 3 is 1.41 bits per heavy atom. The van der Waals surface area contributed by atoms with Crippen LogP contribution in [0.1, 0.15) is 41.5 Å². The second-order valence-electron chi connectivity index (χ2n) is 5.77. The average molecular weight is 260 g/mol. The molecule has 0 aromatic heterocycles. The summed E-state index contributed by atoms with van der Waals surface area (Å²) in [7, 11) is -0.793. The summed E-state index contributed by atoms with van der Waals surface area (Å²) in [5, 5.41) is 0. The molecule has 0 aliphatic carbocycles. The summed E-state index contributed by atoms with van der Waals surface area (Å²) in [6, 6.07) is 0. The van der Waals surface area contributed by atoms with Crippen LogP contribution in [0.2, 0.25) is 0 Å². The predicted octanol–water partition coefficient (Wildman–Crippen LogP) is 1.06. The number of ether oxygens (including phenoxy) is 2. The van der Waals surface area contributed by atoms with Crippen molar-refractivity contribution in [3.8, 4) is 0 Å². The van der Waals surface area contributed by atoms with Crippen LogP contribution < -0.4 is 0 Å². The first kappa shape index (κ1) is 16.1. The van der Waals surface area contributed by atoms with Gasteiger partial charge in [0.25, 0.3) is 5.91 Å². The lowest BCUT2D eigenvalue weighted by atomic mass is 9.97. The first-order valence-corrected chi connectivity index (χ1v) is 6.32. The Hall–Kier alpha value is -0.883. The quantitative estimate of drug-likeness (QED) is 0.466. The lowest BCUT2D eigenvalue weighted by molar-refractivity contribution is -0.186. The van der Waals surface area contributed by atoms with Crippen molar-refractivity contribution in [2.45, 2.75) is 47.5 Å². The van der Waals surface area contributed by atoms with Crippen LogP contribution >= 0.6 is 0 Å². The SMILES string of the molecule is CC(C)(C)C(=O)OC(OC(=O)C(C)(C)C)[Si]O. The van der Waals surface area contributed by atoms with Crippen LogP contribution in [0.5, 0.6) is 0 Å². The molecule has 17 heavy (non-hydrogen) atoms. The average Bonchev–Trinajstić information content (AvgIpc) is 2.13. The largest absolute Gasteiger partial charge is 0.427 e. The van der Waals surface area contributed by atoms with Gasteiger partial charge in [0, 0.05) is 0 Å². The van der Waals surface area contributed by atoms with Crippen molar-refractivity contribution < 1.29 is 23.9 Å². The van der Waals surface area contributed by atoms with E-state index < -0.39 is 38.4 Å². The molecule has 0 amide bonds. The Morgan fingerprint density at radius 2 is 1.24 bits per heavy atom. The highest BCUT2D eigenvalue weighted by Crippen LogP contribution is 2.19. The minimum atomic E-state index is -1.21. The maximum absolute atomic E-state index is 11.5. The molecule has 0 spiro atoms. The van der Waals surface area contributed by atoms with Gasteiger partial charge in [-0.2, -0.15) is 0 Å². The van der Waals surface area contributed by atoms with Crippen LogP contribution in [0.25, 0.3) is 0 Å². The monoisotopic (exact) mass is 260 g/mol. The fraction of sp³-hybridized carbons (Fsp3) is 0.818. The van der Waals surface area contributed by atoms with Crippen LogP contribution in [0.3, 0.4) is 0 Å². The van der Waals surface area contributed by atoms with E-state index >= 15 is 0 Å². The van der Waals surface area contributed by atoms with Crippen LogP contribution in [0.15, 0.2) is 0 Å². The van der Waals surface area contributed by atoms with E-state index in [2.05, 4.69) is 0 Å². The Morgan fingerprint density at radius 1 is 0.941 bits per heavy atom. The van der Waals surface area contributed by atoms with Crippen LogP contribution in [-0.2, 0) is 19.1 Å². The number of esters is 2. The molecule has 0 aliphatic rings. The normalized spacial score (nSPS) is 12.5. The summed E-state index contributed by atoms with van der Waals surface area (Å²) in [5.74, 6) is -2.26. The fourth-order valence-corrected chi connectivity index (χ4v) is 0.944. The molecule has 2 radical (unpaired) electrons. The van der Waals surface area contributed by atoms with Crippen molar-refractivity contribution in [1.82, 2.24) is 0 Å². The maximum atomic E-state index is 11.5. The zero-order valence-corrected chi connectivity index (χ0v) is 12.2. The molecule has 0 atom stereocenters. The van der Waals surface area contributed by atoms with Gasteiger partial charge in [0.2, 0.25) is 0 Å². The van der Waals surface area contributed by atoms with Crippen LogP contribution in [0, 0.1) is 10.8 Å². The van der Waals surface area contributed by atoms with Crippen LogP contribution in [0.4, 0.5) is 0 Å². The molecule has 0 aliphatic heterocycles. The van der Waals surface area contributed by atoms with Gasteiger partial charge >= 0.3 is 21.7 Å². The van der Waals surface area contributed by atoms with Gasteiger partial charge in [-0.05, 0) is 41.5 Å². The summed E-state index contributed by atoms with van der Waals surface area (Å²) in [4.78, 5) is 32.1. The summed E-state index contributed by atoms with van der Waals surface area (Å²) >= 11 is 0. The number of hydrogen-bond acceptors (Lipinski definition) is 5. The molecule has 98 valence electrons. The van der Waals surface area contributed by atoms with Gasteiger partial charge in [0.1, 0.15) is 0 Å². The molecule has 0 bridgehead atoms. The highest BCUT2D eigenvalue weighted by Gasteiger charge is 2.31. The first-order valence-electron chi connectivity index (χ1n) is 5.30. The molecule has 0 aromatic carbocycles. The maximum Gasteiger partial charge on any atom is 0.333 e. The van der Waals surface area contributed by atoms with Crippen molar-refractivity contribution in [2.75, 3.05) is 0 Å². The standard InChI is InChI=1S/C11H20O5Si/c1-10(2,3)7(12)15-9(17-14)16-8(13)11(4,5)6/h9,14H,1-6H3. The van der Waals surface area contributed by atoms with Crippen molar-refractivity contribution >= 4 is 21.7 Å². The Labute approximate surface area is 104 Å². The zero-order valence-electron chi connectivity index (χ0n) is 11.2. The van der Waals surface area contributed by atoms with Gasteiger partial charge in [-0.15, -0.1) is 0 Å². The Kier molecular flexibility index (Phi) is 5.34. The number of hydrogen-bond donors (Lipinski definition) is 1. The Balaban J connectivity index is 4.47.